The number of aromatic nitrogens is 2. The molecular formula is C23H27F3N4O3S. The lowest BCUT2D eigenvalue weighted by Gasteiger charge is -2.18. The summed E-state index contributed by atoms with van der Waals surface area (Å²) in [7, 11) is -3.86. The molecule has 7 nitrogen and oxygen atoms in total. The predicted octanol–water partition coefficient (Wildman–Crippen LogP) is 4.68. The molecule has 0 saturated heterocycles. The lowest BCUT2D eigenvalue weighted by atomic mass is 10.1. The van der Waals surface area contributed by atoms with Crippen molar-refractivity contribution in [3.8, 4) is 0 Å². The van der Waals surface area contributed by atoms with E-state index in [1.54, 1.807) is 26.0 Å². The Morgan fingerprint density at radius 3 is 2.38 bits per heavy atom. The summed E-state index contributed by atoms with van der Waals surface area (Å²) in [5, 5.41) is 2.75. The van der Waals surface area contributed by atoms with Crippen LogP contribution >= 0.6 is 0 Å². The number of carbonyl (C=O) groups is 1. The van der Waals surface area contributed by atoms with Crippen molar-refractivity contribution in [3.63, 3.8) is 0 Å². The van der Waals surface area contributed by atoms with Crippen LogP contribution in [-0.4, -0.2) is 41.3 Å². The van der Waals surface area contributed by atoms with Gasteiger partial charge in [-0.1, -0.05) is 39.0 Å². The van der Waals surface area contributed by atoms with Crippen LogP contribution in [0.15, 0.2) is 47.4 Å². The summed E-state index contributed by atoms with van der Waals surface area (Å²) in [4.78, 5) is 16.0. The Hall–Kier alpha value is -2.92. The van der Waals surface area contributed by atoms with E-state index in [0.29, 0.717) is 12.1 Å². The van der Waals surface area contributed by atoms with E-state index in [1.165, 1.54) is 16.4 Å². The van der Waals surface area contributed by atoms with E-state index in [9.17, 15) is 26.4 Å². The number of hydrogen-bond donors (Lipinski definition) is 1. The first-order chi connectivity index (χ1) is 16.0. The minimum absolute atomic E-state index is 0.0997. The average molecular weight is 497 g/mol. The van der Waals surface area contributed by atoms with Crippen LogP contribution in [0.3, 0.4) is 0 Å². The number of fused-ring (bicyclic) bond motifs is 1. The Morgan fingerprint density at radius 2 is 1.76 bits per heavy atom. The van der Waals surface area contributed by atoms with Crippen molar-refractivity contribution in [3.05, 3.63) is 53.9 Å². The molecule has 3 rings (SSSR count). The fourth-order valence-electron chi connectivity index (χ4n) is 3.80. The number of nitrogens with one attached hydrogen (secondary N) is 1. The molecule has 0 atom stereocenters. The number of para-hydroxylation sites is 1. The maximum absolute atomic E-state index is 13.7. The van der Waals surface area contributed by atoms with Gasteiger partial charge in [-0.25, -0.2) is 13.4 Å². The third-order valence-electron chi connectivity index (χ3n) is 5.55. The maximum Gasteiger partial charge on any atom is 0.449 e. The van der Waals surface area contributed by atoms with E-state index >= 15 is 0 Å². The van der Waals surface area contributed by atoms with E-state index in [4.69, 9.17) is 0 Å². The molecule has 0 aliphatic rings. The van der Waals surface area contributed by atoms with Gasteiger partial charge in [0, 0.05) is 31.7 Å². The third kappa shape index (κ3) is 5.25. The number of halogens is 3. The third-order valence-corrected chi connectivity index (χ3v) is 7.60. The van der Waals surface area contributed by atoms with Gasteiger partial charge in [-0.05, 0) is 36.2 Å². The fraction of sp³-hybridized carbons (Fsp3) is 0.391. The minimum Gasteiger partial charge on any atom is -0.326 e. The molecule has 0 aliphatic heterocycles. The van der Waals surface area contributed by atoms with Crippen molar-refractivity contribution >= 4 is 32.7 Å². The average Bonchev–Trinajstić information content (AvgIpc) is 3.17. The number of hydrogen-bond acceptors (Lipinski definition) is 4. The number of amides is 1. The summed E-state index contributed by atoms with van der Waals surface area (Å²) >= 11 is 0. The predicted molar refractivity (Wildman–Crippen MR) is 124 cm³/mol. The molecule has 1 N–H and O–H groups in total. The topological polar surface area (TPSA) is 84.3 Å². The summed E-state index contributed by atoms with van der Waals surface area (Å²) < 4.78 is 68.8. The standard InChI is InChI=1S/C23H27F3N4O3S/c1-4-16-9-7-8-10-18(16)27-21(31)13-14-30-20-12-11-17(34(32,33)29(5-2)6-3)15-19(20)28-22(30)23(24,25)26/h7-12,15H,4-6,13-14H2,1-3H3,(H,27,31). The second kappa shape index (κ2) is 10.1. The molecule has 1 amide bonds. The highest BCUT2D eigenvalue weighted by Crippen LogP contribution is 2.33. The van der Waals surface area contributed by atoms with Crippen molar-refractivity contribution in [1.29, 1.82) is 0 Å². The van der Waals surface area contributed by atoms with Gasteiger partial charge in [-0.2, -0.15) is 17.5 Å². The quantitative estimate of drug-likeness (QED) is 0.466. The second-order valence-electron chi connectivity index (χ2n) is 7.63. The van der Waals surface area contributed by atoms with E-state index in [2.05, 4.69) is 10.3 Å². The molecule has 0 radical (unpaired) electrons. The molecule has 2 aromatic carbocycles. The Labute approximate surface area is 196 Å². The number of rotatable bonds is 9. The van der Waals surface area contributed by atoms with Gasteiger partial charge >= 0.3 is 6.18 Å². The molecule has 184 valence electrons. The first-order valence-electron chi connectivity index (χ1n) is 11.0. The summed E-state index contributed by atoms with van der Waals surface area (Å²) in [6.45, 7) is 5.49. The lowest BCUT2D eigenvalue weighted by molar-refractivity contribution is -0.147. The van der Waals surface area contributed by atoms with Gasteiger partial charge in [0.25, 0.3) is 0 Å². The molecule has 34 heavy (non-hydrogen) atoms. The van der Waals surface area contributed by atoms with E-state index in [-0.39, 0.29) is 42.0 Å². The van der Waals surface area contributed by atoms with Crippen LogP contribution in [0.4, 0.5) is 18.9 Å². The Morgan fingerprint density at radius 1 is 1.09 bits per heavy atom. The molecule has 11 heteroatoms. The van der Waals surface area contributed by atoms with Gasteiger partial charge in [0.2, 0.25) is 21.8 Å². The second-order valence-corrected chi connectivity index (χ2v) is 9.57. The molecule has 3 aromatic rings. The molecule has 0 spiro atoms. The van der Waals surface area contributed by atoms with Gasteiger partial charge in [0.05, 0.1) is 15.9 Å². The first-order valence-corrected chi connectivity index (χ1v) is 12.4. The van der Waals surface area contributed by atoms with Gasteiger partial charge in [0.15, 0.2) is 0 Å². The Balaban J connectivity index is 1.92. The molecule has 0 aliphatic carbocycles. The molecule has 1 heterocycles. The van der Waals surface area contributed by atoms with Crippen LogP contribution in [0.1, 0.15) is 38.6 Å². The number of imidazole rings is 1. The Bertz CT molecular complexity index is 1280. The van der Waals surface area contributed by atoms with Crippen molar-refractivity contribution < 1.29 is 26.4 Å². The SMILES string of the molecule is CCc1ccccc1NC(=O)CCn1c(C(F)(F)F)nc2cc(S(=O)(=O)N(CC)CC)ccc21. The van der Waals surface area contributed by atoms with E-state index < -0.39 is 27.9 Å². The maximum atomic E-state index is 13.7. The van der Waals surface area contributed by atoms with Crippen LogP contribution in [0, 0.1) is 0 Å². The van der Waals surface area contributed by atoms with Crippen molar-refractivity contribution in [2.45, 2.75) is 51.2 Å². The highest BCUT2D eigenvalue weighted by Gasteiger charge is 2.38. The van der Waals surface area contributed by atoms with Crippen LogP contribution in [0.2, 0.25) is 0 Å². The Kier molecular flexibility index (Phi) is 7.67. The number of nitrogens with zero attached hydrogens (tertiary/aromatic N) is 3. The van der Waals surface area contributed by atoms with Gasteiger partial charge in [-0.3, -0.25) is 4.79 Å². The molecule has 0 fully saturated rings. The highest BCUT2D eigenvalue weighted by atomic mass is 32.2. The van der Waals surface area contributed by atoms with Crippen LogP contribution in [0.25, 0.3) is 11.0 Å². The number of carbonyl (C=O) groups excluding carboxylic acids is 1. The first kappa shape index (κ1) is 25.7. The number of alkyl halides is 3. The zero-order chi connectivity index (χ0) is 25.1. The van der Waals surface area contributed by atoms with Crippen LogP contribution < -0.4 is 5.32 Å². The zero-order valence-electron chi connectivity index (χ0n) is 19.2. The molecule has 0 saturated carbocycles. The normalized spacial score (nSPS) is 12.4. The van der Waals surface area contributed by atoms with Crippen LogP contribution in [-0.2, 0) is 34.0 Å². The highest BCUT2D eigenvalue weighted by molar-refractivity contribution is 7.89. The summed E-state index contributed by atoms with van der Waals surface area (Å²) in [5.74, 6) is -1.61. The van der Waals surface area contributed by atoms with Crippen molar-refractivity contribution in [2.24, 2.45) is 0 Å². The lowest BCUT2D eigenvalue weighted by Crippen LogP contribution is -2.30. The molecule has 0 bridgehead atoms. The smallest absolute Gasteiger partial charge is 0.326 e. The van der Waals surface area contributed by atoms with E-state index in [1.807, 2.05) is 19.1 Å². The summed E-state index contributed by atoms with van der Waals surface area (Å²) in [5.41, 5.74) is 1.54. The van der Waals surface area contributed by atoms with Gasteiger partial charge in [0.1, 0.15) is 0 Å². The number of sulfonamides is 1. The number of anilines is 1. The van der Waals surface area contributed by atoms with E-state index in [0.717, 1.165) is 16.2 Å². The monoisotopic (exact) mass is 496 g/mol. The van der Waals surface area contributed by atoms with Gasteiger partial charge in [-0.15, -0.1) is 0 Å². The minimum atomic E-state index is -4.78. The number of aryl methyl sites for hydroxylation is 2. The molecule has 0 unspecified atom stereocenters. The van der Waals surface area contributed by atoms with Crippen molar-refractivity contribution in [2.75, 3.05) is 18.4 Å². The van der Waals surface area contributed by atoms with Crippen LogP contribution in [0.5, 0.6) is 0 Å². The zero-order valence-corrected chi connectivity index (χ0v) is 20.0. The largest absolute Gasteiger partial charge is 0.449 e. The number of benzene rings is 2. The summed E-state index contributed by atoms with van der Waals surface area (Å²) in [6.07, 6.45) is -4.30. The fourth-order valence-corrected chi connectivity index (χ4v) is 5.28. The summed E-state index contributed by atoms with van der Waals surface area (Å²) in [6, 6.07) is 10.9. The van der Waals surface area contributed by atoms with Crippen molar-refractivity contribution in [1.82, 2.24) is 13.9 Å². The molecule has 1 aromatic heterocycles. The van der Waals surface area contributed by atoms with Gasteiger partial charge < -0.3 is 9.88 Å². The molecular weight excluding hydrogens is 469 g/mol.